The molecule has 0 spiro atoms. The van der Waals surface area contributed by atoms with Crippen LogP contribution in [0.5, 0.6) is 0 Å². The van der Waals surface area contributed by atoms with Crippen LogP contribution in [0, 0.1) is 5.82 Å². The molecular weight excluding hydrogens is 391 g/mol. The van der Waals surface area contributed by atoms with Gasteiger partial charge < -0.3 is 10.6 Å². The minimum absolute atomic E-state index is 0.0865. The van der Waals surface area contributed by atoms with Crippen LogP contribution in [0.15, 0.2) is 61.2 Å². The number of anilines is 3. The van der Waals surface area contributed by atoms with E-state index in [4.69, 9.17) is 16.6 Å². The minimum Gasteiger partial charge on any atom is -0.350 e. The molecule has 4 aromatic rings. The van der Waals surface area contributed by atoms with Crippen molar-refractivity contribution in [2.24, 2.45) is 0 Å². The number of pyridine rings is 2. The largest absolute Gasteiger partial charge is 0.350 e. The van der Waals surface area contributed by atoms with E-state index in [9.17, 15) is 4.39 Å². The third-order valence-electron chi connectivity index (χ3n) is 4.65. The van der Waals surface area contributed by atoms with E-state index in [2.05, 4.69) is 25.6 Å². The van der Waals surface area contributed by atoms with Crippen LogP contribution in [0.25, 0.3) is 22.4 Å². The highest BCUT2D eigenvalue weighted by Gasteiger charge is 2.21. The second-order valence-electron chi connectivity index (χ2n) is 6.50. The first-order valence-corrected chi connectivity index (χ1v) is 9.28. The Bertz CT molecular complexity index is 1230. The summed E-state index contributed by atoms with van der Waals surface area (Å²) < 4.78 is 13.4. The number of rotatable bonds is 3. The van der Waals surface area contributed by atoms with Gasteiger partial charge in [0.1, 0.15) is 11.6 Å². The standard InChI is InChI=1S/C21H14ClFN6/c22-16-8-12(3-4-17(16)23)9-26-21-27-10-15-13-5-7-24-11-18(13)28-20-14(19(15)29-21)2-1-6-25-20/h1-8,10-11H,9H2,(H,25,28)(H,26,27,29). The number of hydrogen-bond donors (Lipinski definition) is 2. The fourth-order valence-corrected chi connectivity index (χ4v) is 3.46. The van der Waals surface area contributed by atoms with Gasteiger partial charge in [0, 0.05) is 41.8 Å². The molecule has 1 aromatic carbocycles. The Morgan fingerprint density at radius 3 is 2.83 bits per heavy atom. The number of aromatic nitrogens is 4. The highest BCUT2D eigenvalue weighted by atomic mass is 35.5. The predicted molar refractivity (Wildman–Crippen MR) is 111 cm³/mol. The van der Waals surface area contributed by atoms with Crippen LogP contribution in [0.1, 0.15) is 5.56 Å². The molecule has 5 rings (SSSR count). The lowest BCUT2D eigenvalue weighted by Gasteiger charge is -2.11. The van der Waals surface area contributed by atoms with Gasteiger partial charge in [0.2, 0.25) is 5.95 Å². The van der Waals surface area contributed by atoms with Gasteiger partial charge in [0.15, 0.2) is 0 Å². The van der Waals surface area contributed by atoms with E-state index in [0.29, 0.717) is 18.3 Å². The van der Waals surface area contributed by atoms with Crippen molar-refractivity contribution in [3.05, 3.63) is 77.6 Å². The quantitative estimate of drug-likeness (QED) is 0.437. The number of fused-ring (bicyclic) bond motifs is 5. The molecule has 142 valence electrons. The van der Waals surface area contributed by atoms with Crippen LogP contribution >= 0.6 is 11.6 Å². The summed E-state index contributed by atoms with van der Waals surface area (Å²) in [6.07, 6.45) is 7.00. The van der Waals surface area contributed by atoms with Gasteiger partial charge in [-0.3, -0.25) is 4.98 Å². The fraction of sp³-hybridized carbons (Fsp3) is 0.0476. The molecule has 0 amide bonds. The first-order chi connectivity index (χ1) is 14.2. The van der Waals surface area contributed by atoms with Gasteiger partial charge >= 0.3 is 0 Å². The average Bonchev–Trinajstić information content (AvgIpc) is 2.89. The highest BCUT2D eigenvalue weighted by Crippen LogP contribution is 2.41. The Morgan fingerprint density at radius 2 is 1.93 bits per heavy atom. The summed E-state index contributed by atoms with van der Waals surface area (Å²) in [5, 5.41) is 6.59. The summed E-state index contributed by atoms with van der Waals surface area (Å²) in [6.45, 7) is 0.414. The Morgan fingerprint density at radius 1 is 1.00 bits per heavy atom. The Labute approximate surface area is 170 Å². The smallest absolute Gasteiger partial charge is 0.223 e. The summed E-state index contributed by atoms with van der Waals surface area (Å²) in [6, 6.07) is 10.3. The molecule has 0 saturated heterocycles. The van der Waals surface area contributed by atoms with Crippen molar-refractivity contribution in [3.8, 4) is 22.4 Å². The number of nitrogens with one attached hydrogen (secondary N) is 2. The van der Waals surface area contributed by atoms with E-state index in [1.165, 1.54) is 6.07 Å². The molecule has 3 aromatic heterocycles. The molecule has 0 bridgehead atoms. The molecule has 0 aliphatic carbocycles. The van der Waals surface area contributed by atoms with Gasteiger partial charge in [0.05, 0.1) is 22.6 Å². The maximum absolute atomic E-state index is 13.4. The van der Waals surface area contributed by atoms with E-state index in [1.54, 1.807) is 36.9 Å². The molecule has 0 fully saturated rings. The van der Waals surface area contributed by atoms with Crippen LogP contribution in [0.4, 0.5) is 21.8 Å². The molecule has 2 N–H and O–H groups in total. The second kappa shape index (κ2) is 7.10. The van der Waals surface area contributed by atoms with Gasteiger partial charge in [0.25, 0.3) is 0 Å². The molecular formula is C21H14ClFN6. The monoisotopic (exact) mass is 404 g/mol. The molecule has 0 radical (unpaired) electrons. The Hall–Kier alpha value is -3.58. The van der Waals surface area contributed by atoms with Crippen molar-refractivity contribution in [1.29, 1.82) is 0 Å². The van der Waals surface area contributed by atoms with Crippen molar-refractivity contribution in [1.82, 2.24) is 19.9 Å². The maximum atomic E-state index is 13.4. The molecule has 0 unspecified atom stereocenters. The molecule has 1 aliphatic heterocycles. The Balaban J connectivity index is 1.55. The lowest BCUT2D eigenvalue weighted by Crippen LogP contribution is -2.05. The van der Waals surface area contributed by atoms with E-state index in [0.717, 1.165) is 33.6 Å². The SMILES string of the molecule is Fc1ccc(CNc2ncc3c(n2)-c2cccnc2Nc2cnccc2-3)cc1Cl. The van der Waals surface area contributed by atoms with Crippen molar-refractivity contribution in [2.45, 2.75) is 6.54 Å². The second-order valence-corrected chi connectivity index (χ2v) is 6.91. The number of halogens is 2. The lowest BCUT2D eigenvalue weighted by molar-refractivity contribution is 0.627. The lowest BCUT2D eigenvalue weighted by atomic mass is 10.0. The fourth-order valence-electron chi connectivity index (χ4n) is 3.25. The van der Waals surface area contributed by atoms with Crippen LogP contribution in [-0.4, -0.2) is 19.9 Å². The van der Waals surface area contributed by atoms with Crippen molar-refractivity contribution in [2.75, 3.05) is 10.6 Å². The summed E-state index contributed by atoms with van der Waals surface area (Å²) in [4.78, 5) is 17.8. The van der Waals surface area contributed by atoms with Crippen molar-refractivity contribution in [3.63, 3.8) is 0 Å². The van der Waals surface area contributed by atoms with Crippen LogP contribution in [-0.2, 0) is 6.54 Å². The normalized spacial score (nSPS) is 11.5. The van der Waals surface area contributed by atoms with Crippen LogP contribution in [0.3, 0.4) is 0 Å². The van der Waals surface area contributed by atoms with Gasteiger partial charge in [-0.2, -0.15) is 0 Å². The topological polar surface area (TPSA) is 75.6 Å². The average molecular weight is 405 g/mol. The molecule has 6 nitrogen and oxygen atoms in total. The molecule has 29 heavy (non-hydrogen) atoms. The van der Waals surface area contributed by atoms with Crippen molar-refractivity contribution < 1.29 is 4.39 Å². The zero-order valence-electron chi connectivity index (χ0n) is 15.0. The zero-order valence-corrected chi connectivity index (χ0v) is 15.8. The van der Waals surface area contributed by atoms with Gasteiger partial charge in [-0.25, -0.2) is 19.3 Å². The van der Waals surface area contributed by atoms with Gasteiger partial charge in [-0.15, -0.1) is 0 Å². The van der Waals surface area contributed by atoms with E-state index in [1.807, 2.05) is 18.2 Å². The molecule has 8 heteroatoms. The van der Waals surface area contributed by atoms with Gasteiger partial charge in [-0.05, 0) is 35.9 Å². The van der Waals surface area contributed by atoms with E-state index >= 15 is 0 Å². The number of hydrogen-bond acceptors (Lipinski definition) is 6. The molecule has 0 atom stereocenters. The van der Waals surface area contributed by atoms with Crippen LogP contribution < -0.4 is 10.6 Å². The van der Waals surface area contributed by atoms with Gasteiger partial charge in [-0.1, -0.05) is 17.7 Å². The summed E-state index contributed by atoms with van der Waals surface area (Å²) >= 11 is 5.86. The number of nitrogens with zero attached hydrogens (tertiary/aromatic N) is 4. The van der Waals surface area contributed by atoms with E-state index < -0.39 is 5.82 Å². The van der Waals surface area contributed by atoms with Crippen molar-refractivity contribution >= 4 is 29.1 Å². The third kappa shape index (κ3) is 3.25. The zero-order chi connectivity index (χ0) is 19.8. The third-order valence-corrected chi connectivity index (χ3v) is 4.94. The maximum Gasteiger partial charge on any atom is 0.223 e. The first-order valence-electron chi connectivity index (χ1n) is 8.91. The molecule has 4 heterocycles. The Kier molecular flexibility index (Phi) is 4.29. The first kappa shape index (κ1) is 17.5. The summed E-state index contributed by atoms with van der Waals surface area (Å²) in [7, 11) is 0. The minimum atomic E-state index is -0.443. The number of benzene rings is 1. The molecule has 0 saturated carbocycles. The highest BCUT2D eigenvalue weighted by molar-refractivity contribution is 6.30. The summed E-state index contributed by atoms with van der Waals surface area (Å²) in [5.41, 5.74) is 5.14. The predicted octanol–water partition coefficient (Wildman–Crippen LogP) is 5.06. The summed E-state index contributed by atoms with van der Waals surface area (Å²) in [5.74, 6) is 0.716. The van der Waals surface area contributed by atoms with Crippen LogP contribution in [0.2, 0.25) is 5.02 Å². The molecule has 1 aliphatic rings. The van der Waals surface area contributed by atoms with E-state index in [-0.39, 0.29) is 5.02 Å².